The summed E-state index contributed by atoms with van der Waals surface area (Å²) < 4.78 is 5.89. The standard InChI is InChI=1S/C24H24N2O2/c1-17-7-3-4-9-22(17)26(21-11-12-21)24(27)19-10-13-23(18(2)15-19)28-16-20-8-5-6-14-25-20/h3-10,13-15,21H,11-12,16H2,1-2H3. The molecule has 1 amide bonds. The van der Waals surface area contributed by atoms with E-state index in [2.05, 4.69) is 18.0 Å². The molecule has 0 aliphatic heterocycles. The molecule has 28 heavy (non-hydrogen) atoms. The van der Waals surface area contributed by atoms with Crippen molar-refractivity contribution in [3.63, 3.8) is 0 Å². The summed E-state index contributed by atoms with van der Waals surface area (Å²) in [5, 5.41) is 0. The summed E-state index contributed by atoms with van der Waals surface area (Å²) in [4.78, 5) is 19.5. The van der Waals surface area contributed by atoms with Crippen molar-refractivity contribution < 1.29 is 9.53 Å². The molecule has 2 aromatic carbocycles. The highest BCUT2D eigenvalue weighted by atomic mass is 16.5. The van der Waals surface area contributed by atoms with E-state index in [1.807, 2.05) is 66.4 Å². The molecule has 3 aromatic rings. The molecule has 4 rings (SSSR count). The third kappa shape index (κ3) is 3.91. The van der Waals surface area contributed by atoms with Gasteiger partial charge in [0, 0.05) is 23.5 Å². The number of hydrogen-bond acceptors (Lipinski definition) is 3. The molecule has 0 spiro atoms. The fourth-order valence-corrected chi connectivity index (χ4v) is 3.36. The summed E-state index contributed by atoms with van der Waals surface area (Å²) in [6, 6.07) is 19.8. The van der Waals surface area contributed by atoms with Crippen LogP contribution in [0.5, 0.6) is 5.75 Å². The Morgan fingerprint density at radius 2 is 1.82 bits per heavy atom. The predicted molar refractivity (Wildman–Crippen MR) is 111 cm³/mol. The van der Waals surface area contributed by atoms with Gasteiger partial charge in [-0.1, -0.05) is 24.3 Å². The quantitative estimate of drug-likeness (QED) is 0.605. The third-order valence-electron chi connectivity index (χ3n) is 5.03. The van der Waals surface area contributed by atoms with E-state index in [0.717, 1.165) is 41.1 Å². The first-order chi connectivity index (χ1) is 13.6. The first-order valence-corrected chi connectivity index (χ1v) is 9.66. The molecule has 4 nitrogen and oxygen atoms in total. The number of aromatic nitrogens is 1. The number of rotatable bonds is 6. The largest absolute Gasteiger partial charge is 0.487 e. The Hall–Kier alpha value is -3.14. The average molecular weight is 372 g/mol. The maximum Gasteiger partial charge on any atom is 0.258 e. The minimum atomic E-state index is 0.0520. The molecule has 1 aromatic heterocycles. The van der Waals surface area contributed by atoms with Gasteiger partial charge < -0.3 is 9.64 Å². The minimum absolute atomic E-state index is 0.0520. The fourth-order valence-electron chi connectivity index (χ4n) is 3.36. The highest BCUT2D eigenvalue weighted by Crippen LogP contribution is 2.35. The second kappa shape index (κ2) is 7.85. The molecule has 1 fully saturated rings. The first kappa shape index (κ1) is 18.2. The summed E-state index contributed by atoms with van der Waals surface area (Å²) in [6.07, 6.45) is 3.88. The number of para-hydroxylation sites is 1. The van der Waals surface area contributed by atoms with Gasteiger partial charge in [0.2, 0.25) is 0 Å². The smallest absolute Gasteiger partial charge is 0.258 e. The summed E-state index contributed by atoms with van der Waals surface area (Å²) >= 11 is 0. The number of nitrogens with zero attached hydrogens (tertiary/aromatic N) is 2. The van der Waals surface area contributed by atoms with Gasteiger partial charge in [0.1, 0.15) is 12.4 Å². The Balaban J connectivity index is 1.54. The summed E-state index contributed by atoms with van der Waals surface area (Å²) in [6.45, 7) is 4.43. The monoisotopic (exact) mass is 372 g/mol. The molecular weight excluding hydrogens is 348 g/mol. The molecule has 0 saturated heterocycles. The van der Waals surface area contributed by atoms with Gasteiger partial charge in [0.15, 0.2) is 0 Å². The van der Waals surface area contributed by atoms with Gasteiger partial charge in [0.25, 0.3) is 5.91 Å². The molecule has 1 heterocycles. The zero-order valence-corrected chi connectivity index (χ0v) is 16.3. The Labute approximate surface area is 165 Å². The van der Waals surface area contributed by atoms with Crippen LogP contribution in [0.3, 0.4) is 0 Å². The van der Waals surface area contributed by atoms with Gasteiger partial charge in [-0.25, -0.2) is 0 Å². The van der Waals surface area contributed by atoms with Crippen LogP contribution in [0.4, 0.5) is 5.69 Å². The fraction of sp³-hybridized carbons (Fsp3) is 0.250. The van der Waals surface area contributed by atoms with E-state index in [1.165, 1.54) is 0 Å². The lowest BCUT2D eigenvalue weighted by Gasteiger charge is -2.25. The van der Waals surface area contributed by atoms with E-state index in [9.17, 15) is 4.79 Å². The van der Waals surface area contributed by atoms with E-state index >= 15 is 0 Å². The molecule has 0 radical (unpaired) electrons. The Morgan fingerprint density at radius 3 is 2.50 bits per heavy atom. The molecule has 4 heteroatoms. The molecule has 0 bridgehead atoms. The third-order valence-corrected chi connectivity index (χ3v) is 5.03. The number of aryl methyl sites for hydroxylation is 2. The van der Waals surface area contributed by atoms with Gasteiger partial charge in [-0.2, -0.15) is 0 Å². The molecule has 142 valence electrons. The van der Waals surface area contributed by atoms with Crippen molar-refractivity contribution in [2.24, 2.45) is 0 Å². The molecule has 0 atom stereocenters. The zero-order valence-electron chi connectivity index (χ0n) is 16.3. The van der Waals surface area contributed by atoms with Gasteiger partial charge >= 0.3 is 0 Å². The number of hydrogen-bond donors (Lipinski definition) is 0. The minimum Gasteiger partial charge on any atom is -0.487 e. The molecule has 1 saturated carbocycles. The molecule has 0 unspecified atom stereocenters. The van der Waals surface area contributed by atoms with Crippen LogP contribution in [0.15, 0.2) is 66.9 Å². The number of anilines is 1. The van der Waals surface area contributed by atoms with E-state index < -0.39 is 0 Å². The molecule has 1 aliphatic rings. The molecule has 0 N–H and O–H groups in total. The first-order valence-electron chi connectivity index (χ1n) is 9.66. The normalized spacial score (nSPS) is 13.2. The van der Waals surface area contributed by atoms with Crippen LogP contribution in [0, 0.1) is 13.8 Å². The zero-order chi connectivity index (χ0) is 19.5. The Bertz CT molecular complexity index is 981. The maximum absolute atomic E-state index is 13.3. The number of pyridine rings is 1. The van der Waals surface area contributed by atoms with Crippen molar-refractivity contribution in [3.05, 3.63) is 89.2 Å². The highest BCUT2D eigenvalue weighted by Gasteiger charge is 2.35. The lowest BCUT2D eigenvalue weighted by molar-refractivity contribution is 0.0985. The van der Waals surface area contributed by atoms with Crippen molar-refractivity contribution in [1.82, 2.24) is 4.98 Å². The number of ether oxygens (including phenoxy) is 1. The van der Waals surface area contributed by atoms with Crippen LogP contribution >= 0.6 is 0 Å². The van der Waals surface area contributed by atoms with Gasteiger partial charge in [-0.15, -0.1) is 0 Å². The van der Waals surface area contributed by atoms with Crippen LogP contribution in [0.2, 0.25) is 0 Å². The van der Waals surface area contributed by atoms with E-state index in [1.54, 1.807) is 6.20 Å². The summed E-state index contributed by atoms with van der Waals surface area (Å²) in [5.41, 5.74) is 4.64. The summed E-state index contributed by atoms with van der Waals surface area (Å²) in [7, 11) is 0. The maximum atomic E-state index is 13.3. The van der Waals surface area contributed by atoms with Crippen molar-refractivity contribution in [2.45, 2.75) is 39.3 Å². The van der Waals surface area contributed by atoms with Crippen LogP contribution < -0.4 is 9.64 Å². The number of benzene rings is 2. The highest BCUT2D eigenvalue weighted by molar-refractivity contribution is 6.07. The SMILES string of the molecule is Cc1cc(C(=O)N(c2ccccc2C)C2CC2)ccc1OCc1ccccn1. The van der Waals surface area contributed by atoms with Gasteiger partial charge in [0.05, 0.1) is 5.69 Å². The van der Waals surface area contributed by atoms with Crippen LogP contribution in [0.25, 0.3) is 0 Å². The Kier molecular flexibility index (Phi) is 5.11. The van der Waals surface area contributed by atoms with Gasteiger partial charge in [-0.3, -0.25) is 9.78 Å². The molecular formula is C24H24N2O2. The van der Waals surface area contributed by atoms with Crippen LogP contribution in [0.1, 0.15) is 40.0 Å². The average Bonchev–Trinajstić information content (AvgIpc) is 3.54. The number of amides is 1. The van der Waals surface area contributed by atoms with Crippen LogP contribution in [-0.2, 0) is 6.61 Å². The van der Waals surface area contributed by atoms with Crippen LogP contribution in [-0.4, -0.2) is 16.9 Å². The van der Waals surface area contributed by atoms with Crippen molar-refractivity contribution in [1.29, 1.82) is 0 Å². The van der Waals surface area contributed by atoms with Crippen molar-refractivity contribution in [3.8, 4) is 5.75 Å². The van der Waals surface area contributed by atoms with Gasteiger partial charge in [-0.05, 0) is 74.2 Å². The second-order valence-corrected chi connectivity index (χ2v) is 7.28. The van der Waals surface area contributed by atoms with E-state index in [0.29, 0.717) is 18.2 Å². The lowest BCUT2D eigenvalue weighted by atomic mass is 10.1. The second-order valence-electron chi connectivity index (χ2n) is 7.28. The summed E-state index contributed by atoms with van der Waals surface area (Å²) in [5.74, 6) is 0.826. The predicted octanol–water partition coefficient (Wildman–Crippen LogP) is 5.09. The molecule has 1 aliphatic carbocycles. The lowest BCUT2D eigenvalue weighted by Crippen LogP contribution is -2.33. The number of carbonyl (C=O) groups is 1. The van der Waals surface area contributed by atoms with Crippen molar-refractivity contribution >= 4 is 11.6 Å². The topological polar surface area (TPSA) is 42.4 Å². The van der Waals surface area contributed by atoms with E-state index in [4.69, 9.17) is 4.74 Å². The number of carbonyl (C=O) groups excluding carboxylic acids is 1. The van der Waals surface area contributed by atoms with E-state index in [-0.39, 0.29) is 5.91 Å². The Morgan fingerprint density at radius 1 is 1.04 bits per heavy atom. The van der Waals surface area contributed by atoms with Crippen molar-refractivity contribution in [2.75, 3.05) is 4.90 Å².